The maximum atomic E-state index is 10.6. The Morgan fingerprint density at radius 1 is 1.78 bits per heavy atom. The maximum Gasteiger partial charge on any atom is 0.420 e. The number of carbonyl (C=O) groups is 1. The number of thiol groups is 1. The third-order valence-corrected chi connectivity index (χ3v) is 2.00. The fourth-order valence-corrected chi connectivity index (χ4v) is 0.723. The smallest absolute Gasteiger partial charge is 0.420 e. The molecule has 1 aliphatic heterocycles. The van der Waals surface area contributed by atoms with E-state index in [9.17, 15) is 4.79 Å². The van der Waals surface area contributed by atoms with E-state index in [1.807, 2.05) is 13.8 Å². The number of ether oxygens (including phenoxy) is 1. The van der Waals surface area contributed by atoms with Crippen molar-refractivity contribution in [2.75, 3.05) is 6.61 Å². The van der Waals surface area contributed by atoms with E-state index in [4.69, 9.17) is 4.74 Å². The first kappa shape index (κ1) is 6.74. The molecule has 1 aliphatic rings. The summed E-state index contributed by atoms with van der Waals surface area (Å²) in [5.74, 6) is 0. The van der Waals surface area contributed by atoms with Crippen LogP contribution in [0.1, 0.15) is 13.8 Å². The molecule has 0 aromatic heterocycles. The largest absolute Gasteiger partial charge is 0.446 e. The van der Waals surface area contributed by atoms with Crippen molar-refractivity contribution in [3.63, 3.8) is 0 Å². The van der Waals surface area contributed by atoms with Gasteiger partial charge in [-0.2, -0.15) is 0 Å². The minimum Gasteiger partial charge on any atom is -0.446 e. The lowest BCUT2D eigenvalue weighted by Gasteiger charge is -2.20. The monoisotopic (exact) mass is 147 g/mol. The highest BCUT2D eigenvalue weighted by molar-refractivity contribution is 7.78. The molecule has 0 radical (unpaired) electrons. The van der Waals surface area contributed by atoms with Gasteiger partial charge in [0.15, 0.2) is 0 Å². The van der Waals surface area contributed by atoms with Gasteiger partial charge in [0.05, 0.1) is 5.54 Å². The summed E-state index contributed by atoms with van der Waals surface area (Å²) in [4.78, 5) is 10.6. The number of hydrogen-bond acceptors (Lipinski definition) is 3. The Hall–Kier alpha value is -0.380. The first-order valence-electron chi connectivity index (χ1n) is 2.70. The molecule has 0 N–H and O–H groups in total. The molecule has 9 heavy (non-hydrogen) atoms. The average molecular weight is 147 g/mol. The van der Waals surface area contributed by atoms with Crippen LogP contribution in [-0.2, 0) is 4.74 Å². The zero-order valence-corrected chi connectivity index (χ0v) is 6.31. The lowest BCUT2D eigenvalue weighted by Crippen LogP contribution is -2.34. The highest BCUT2D eigenvalue weighted by Crippen LogP contribution is 2.24. The molecular weight excluding hydrogens is 138 g/mol. The Balaban J connectivity index is 2.73. The molecular formula is C5H9NO2S. The van der Waals surface area contributed by atoms with Crippen LogP contribution >= 0.6 is 12.8 Å². The topological polar surface area (TPSA) is 29.5 Å². The predicted octanol–water partition coefficient (Wildman–Crippen LogP) is 1.06. The van der Waals surface area contributed by atoms with Crippen LogP contribution < -0.4 is 0 Å². The molecule has 0 aromatic rings. The number of rotatable bonds is 0. The van der Waals surface area contributed by atoms with Crippen molar-refractivity contribution >= 4 is 18.9 Å². The van der Waals surface area contributed by atoms with Crippen molar-refractivity contribution < 1.29 is 9.53 Å². The molecule has 52 valence electrons. The molecule has 1 saturated heterocycles. The summed E-state index contributed by atoms with van der Waals surface area (Å²) in [5.41, 5.74) is -0.250. The van der Waals surface area contributed by atoms with Crippen LogP contribution in [0.15, 0.2) is 0 Å². The normalized spacial score (nSPS) is 24.3. The first-order valence-corrected chi connectivity index (χ1v) is 3.10. The minimum atomic E-state index is -0.358. The predicted molar refractivity (Wildman–Crippen MR) is 36.3 cm³/mol. The third kappa shape index (κ3) is 0.986. The number of amides is 1. The van der Waals surface area contributed by atoms with Gasteiger partial charge >= 0.3 is 6.09 Å². The molecule has 0 unspecified atom stereocenters. The molecule has 0 aromatic carbocycles. The van der Waals surface area contributed by atoms with Crippen LogP contribution in [0.4, 0.5) is 4.79 Å². The number of cyclic esters (lactones) is 1. The second kappa shape index (κ2) is 1.80. The SMILES string of the molecule is CC1(C)COC(=O)N1S. The van der Waals surface area contributed by atoms with Crippen molar-refractivity contribution in [3.8, 4) is 0 Å². The Bertz CT molecular complexity index is 146. The summed E-state index contributed by atoms with van der Waals surface area (Å²) in [7, 11) is 0. The first-order chi connectivity index (χ1) is 4.04. The molecule has 1 heterocycles. The molecule has 0 aliphatic carbocycles. The molecule has 0 atom stereocenters. The summed E-state index contributed by atoms with van der Waals surface area (Å²) in [6.07, 6.45) is -0.358. The average Bonchev–Trinajstić information content (AvgIpc) is 1.97. The van der Waals surface area contributed by atoms with Crippen LogP contribution in [0, 0.1) is 0 Å². The van der Waals surface area contributed by atoms with Crippen molar-refractivity contribution in [2.24, 2.45) is 0 Å². The second-order valence-corrected chi connectivity index (χ2v) is 3.08. The molecule has 0 saturated carbocycles. The quantitative estimate of drug-likeness (QED) is 0.519. The number of hydrogen-bond donors (Lipinski definition) is 1. The molecule has 4 heteroatoms. The van der Waals surface area contributed by atoms with E-state index in [2.05, 4.69) is 12.8 Å². The Morgan fingerprint density at radius 2 is 2.33 bits per heavy atom. The van der Waals surface area contributed by atoms with Crippen LogP contribution in [0.25, 0.3) is 0 Å². The zero-order valence-electron chi connectivity index (χ0n) is 5.42. The lowest BCUT2D eigenvalue weighted by atomic mass is 10.1. The Labute approximate surface area is 59.5 Å². The van der Waals surface area contributed by atoms with Gasteiger partial charge in [-0.15, -0.1) is 0 Å². The zero-order chi connectivity index (χ0) is 7.07. The van der Waals surface area contributed by atoms with Gasteiger partial charge in [0.2, 0.25) is 0 Å². The number of nitrogens with zero attached hydrogens (tertiary/aromatic N) is 1. The summed E-state index contributed by atoms with van der Waals surface area (Å²) < 4.78 is 5.99. The van der Waals surface area contributed by atoms with Gasteiger partial charge in [-0.1, -0.05) is 12.8 Å². The van der Waals surface area contributed by atoms with Crippen molar-refractivity contribution in [1.29, 1.82) is 0 Å². The highest BCUT2D eigenvalue weighted by Gasteiger charge is 2.37. The summed E-state index contributed by atoms with van der Waals surface area (Å²) in [6, 6.07) is 0. The van der Waals surface area contributed by atoms with Gasteiger partial charge in [0.25, 0.3) is 0 Å². The second-order valence-electron chi connectivity index (χ2n) is 2.68. The van der Waals surface area contributed by atoms with Gasteiger partial charge in [0.1, 0.15) is 6.61 Å². The molecule has 1 rings (SSSR count). The van der Waals surface area contributed by atoms with Gasteiger partial charge in [-0.25, -0.2) is 9.10 Å². The van der Waals surface area contributed by atoms with E-state index in [-0.39, 0.29) is 11.6 Å². The van der Waals surface area contributed by atoms with Gasteiger partial charge in [0, 0.05) is 0 Å². The van der Waals surface area contributed by atoms with Gasteiger partial charge < -0.3 is 4.74 Å². The summed E-state index contributed by atoms with van der Waals surface area (Å²) >= 11 is 3.93. The van der Waals surface area contributed by atoms with Crippen LogP contribution in [0.3, 0.4) is 0 Å². The molecule has 1 amide bonds. The Morgan fingerprint density at radius 3 is 2.44 bits per heavy atom. The van der Waals surface area contributed by atoms with E-state index in [1.165, 1.54) is 4.31 Å². The summed E-state index contributed by atoms with van der Waals surface area (Å²) in [5, 5.41) is 0. The van der Waals surface area contributed by atoms with Crippen molar-refractivity contribution in [2.45, 2.75) is 19.4 Å². The van der Waals surface area contributed by atoms with Gasteiger partial charge in [-0.05, 0) is 13.8 Å². The maximum absolute atomic E-state index is 10.6. The van der Waals surface area contributed by atoms with Gasteiger partial charge in [-0.3, -0.25) is 0 Å². The van der Waals surface area contributed by atoms with Crippen LogP contribution in [-0.4, -0.2) is 22.5 Å². The van der Waals surface area contributed by atoms with Crippen LogP contribution in [0.2, 0.25) is 0 Å². The van der Waals surface area contributed by atoms with E-state index >= 15 is 0 Å². The van der Waals surface area contributed by atoms with Crippen LogP contribution in [0.5, 0.6) is 0 Å². The minimum absolute atomic E-state index is 0.250. The number of carbonyl (C=O) groups excluding carboxylic acids is 1. The molecule has 0 spiro atoms. The lowest BCUT2D eigenvalue weighted by molar-refractivity contribution is 0.170. The highest BCUT2D eigenvalue weighted by atomic mass is 32.1. The fourth-order valence-electron chi connectivity index (χ4n) is 0.608. The summed E-state index contributed by atoms with van der Waals surface area (Å²) in [6.45, 7) is 4.21. The standard InChI is InChI=1S/C5H9NO2S/c1-5(2)3-8-4(7)6(5)9/h9H,3H2,1-2H3. The van der Waals surface area contributed by atoms with E-state index in [1.54, 1.807) is 0 Å². The molecule has 3 nitrogen and oxygen atoms in total. The third-order valence-electron chi connectivity index (χ3n) is 1.30. The molecule has 0 bridgehead atoms. The fraction of sp³-hybridized carbons (Fsp3) is 0.800. The van der Waals surface area contributed by atoms with E-state index < -0.39 is 0 Å². The Kier molecular flexibility index (Phi) is 1.35. The molecule has 1 fully saturated rings. The van der Waals surface area contributed by atoms with E-state index in [0.717, 1.165) is 0 Å². The van der Waals surface area contributed by atoms with Crippen molar-refractivity contribution in [1.82, 2.24) is 4.31 Å². The van der Waals surface area contributed by atoms with Crippen molar-refractivity contribution in [3.05, 3.63) is 0 Å². The van der Waals surface area contributed by atoms with E-state index in [0.29, 0.717) is 6.61 Å².